The van der Waals surface area contributed by atoms with Crippen molar-refractivity contribution in [3.05, 3.63) is 29.8 Å². The number of anilines is 1. The van der Waals surface area contributed by atoms with E-state index in [-0.39, 0.29) is 17.9 Å². The second-order valence-electron chi connectivity index (χ2n) is 5.49. The van der Waals surface area contributed by atoms with Gasteiger partial charge in [-0.3, -0.25) is 4.79 Å². The molecular weight excluding hydrogens is 240 g/mol. The Morgan fingerprint density at radius 3 is 2.79 bits per heavy atom. The van der Waals surface area contributed by atoms with Crippen LogP contribution in [-0.2, 0) is 0 Å². The maximum absolute atomic E-state index is 12.4. The van der Waals surface area contributed by atoms with Crippen molar-refractivity contribution in [1.29, 1.82) is 0 Å². The van der Waals surface area contributed by atoms with Crippen LogP contribution in [0, 0.1) is 5.92 Å². The fourth-order valence-electron chi connectivity index (χ4n) is 2.47. The lowest BCUT2D eigenvalue weighted by atomic mass is 10.0. The van der Waals surface area contributed by atoms with Gasteiger partial charge in [0.05, 0.1) is 6.10 Å². The van der Waals surface area contributed by atoms with Gasteiger partial charge in [-0.05, 0) is 31.5 Å². The highest BCUT2D eigenvalue weighted by Crippen LogP contribution is 2.22. The van der Waals surface area contributed by atoms with E-state index < -0.39 is 0 Å². The van der Waals surface area contributed by atoms with Crippen LogP contribution in [0.2, 0.25) is 0 Å². The molecule has 0 spiro atoms. The molecule has 0 aliphatic carbocycles. The highest BCUT2D eigenvalue weighted by Gasteiger charge is 2.29. The van der Waals surface area contributed by atoms with Crippen molar-refractivity contribution in [2.24, 2.45) is 5.92 Å². The number of carbonyl (C=O) groups excluding carboxylic acids is 1. The number of amides is 1. The summed E-state index contributed by atoms with van der Waals surface area (Å²) < 4.78 is 0. The first kappa shape index (κ1) is 13.9. The molecule has 2 rings (SSSR count). The van der Waals surface area contributed by atoms with E-state index in [0.717, 1.165) is 24.2 Å². The van der Waals surface area contributed by atoms with Gasteiger partial charge in [-0.25, -0.2) is 0 Å². The van der Waals surface area contributed by atoms with Crippen LogP contribution < -0.4 is 4.90 Å². The molecule has 4 heteroatoms. The van der Waals surface area contributed by atoms with Crippen LogP contribution >= 0.6 is 0 Å². The summed E-state index contributed by atoms with van der Waals surface area (Å²) in [4.78, 5) is 16.2. The van der Waals surface area contributed by atoms with Gasteiger partial charge in [0.1, 0.15) is 0 Å². The van der Waals surface area contributed by atoms with E-state index in [1.54, 1.807) is 6.92 Å². The SMILES string of the molecule is CC(O)C1CCN(C(=O)c2cccc(N(C)C)c2)C1. The quantitative estimate of drug-likeness (QED) is 0.899. The monoisotopic (exact) mass is 262 g/mol. The fourth-order valence-corrected chi connectivity index (χ4v) is 2.47. The zero-order valence-corrected chi connectivity index (χ0v) is 11.8. The Balaban J connectivity index is 2.10. The predicted octanol–water partition coefficient (Wildman–Crippen LogP) is 1.60. The number of aliphatic hydroxyl groups is 1. The third kappa shape index (κ3) is 3.07. The molecule has 1 aliphatic heterocycles. The first-order valence-corrected chi connectivity index (χ1v) is 6.73. The van der Waals surface area contributed by atoms with Gasteiger partial charge in [0.25, 0.3) is 5.91 Å². The first-order chi connectivity index (χ1) is 8.99. The molecular formula is C15H22N2O2. The Morgan fingerprint density at radius 1 is 1.47 bits per heavy atom. The van der Waals surface area contributed by atoms with Gasteiger partial charge in [0.2, 0.25) is 0 Å². The summed E-state index contributed by atoms with van der Waals surface area (Å²) in [6.07, 6.45) is 0.544. The summed E-state index contributed by atoms with van der Waals surface area (Å²) in [6.45, 7) is 3.19. The fraction of sp³-hybridized carbons (Fsp3) is 0.533. The van der Waals surface area contributed by atoms with E-state index in [1.807, 2.05) is 48.2 Å². The number of benzene rings is 1. The van der Waals surface area contributed by atoms with Gasteiger partial charge in [0.15, 0.2) is 0 Å². The third-order valence-electron chi connectivity index (χ3n) is 3.80. The molecule has 1 amide bonds. The van der Waals surface area contributed by atoms with Gasteiger partial charge in [-0.15, -0.1) is 0 Å². The van der Waals surface area contributed by atoms with Crippen LogP contribution in [-0.4, -0.2) is 49.2 Å². The Bertz CT molecular complexity index is 457. The highest BCUT2D eigenvalue weighted by atomic mass is 16.3. The maximum atomic E-state index is 12.4. The molecule has 1 aliphatic rings. The van der Waals surface area contributed by atoms with Crippen LogP contribution in [0.25, 0.3) is 0 Å². The number of hydrogen-bond donors (Lipinski definition) is 1. The van der Waals surface area contributed by atoms with Gasteiger partial charge in [-0.2, -0.15) is 0 Å². The summed E-state index contributed by atoms with van der Waals surface area (Å²) in [7, 11) is 3.92. The minimum Gasteiger partial charge on any atom is -0.393 e. The zero-order chi connectivity index (χ0) is 14.0. The number of carbonyl (C=O) groups is 1. The molecule has 4 nitrogen and oxygen atoms in total. The lowest BCUT2D eigenvalue weighted by molar-refractivity contribution is 0.0762. The van der Waals surface area contributed by atoms with Crippen molar-refractivity contribution < 1.29 is 9.90 Å². The molecule has 2 unspecified atom stereocenters. The van der Waals surface area contributed by atoms with E-state index in [0.29, 0.717) is 6.54 Å². The molecule has 1 N–H and O–H groups in total. The van der Waals surface area contributed by atoms with Crippen molar-refractivity contribution in [3.8, 4) is 0 Å². The minimum absolute atomic E-state index is 0.0619. The molecule has 1 heterocycles. The molecule has 0 saturated carbocycles. The average molecular weight is 262 g/mol. The molecule has 19 heavy (non-hydrogen) atoms. The Morgan fingerprint density at radius 2 is 2.21 bits per heavy atom. The van der Waals surface area contributed by atoms with Crippen molar-refractivity contribution in [2.75, 3.05) is 32.1 Å². The highest BCUT2D eigenvalue weighted by molar-refractivity contribution is 5.95. The van der Waals surface area contributed by atoms with Crippen LogP contribution in [0.1, 0.15) is 23.7 Å². The molecule has 1 saturated heterocycles. The van der Waals surface area contributed by atoms with Gasteiger partial charge >= 0.3 is 0 Å². The molecule has 1 aromatic rings. The van der Waals surface area contributed by atoms with E-state index in [2.05, 4.69) is 0 Å². The van der Waals surface area contributed by atoms with Crippen molar-refractivity contribution in [3.63, 3.8) is 0 Å². The Kier molecular flexibility index (Phi) is 4.10. The number of nitrogens with zero attached hydrogens (tertiary/aromatic N) is 2. The Hall–Kier alpha value is -1.55. The molecule has 1 aromatic carbocycles. The predicted molar refractivity (Wildman–Crippen MR) is 76.5 cm³/mol. The number of rotatable bonds is 3. The van der Waals surface area contributed by atoms with Crippen LogP contribution in [0.4, 0.5) is 5.69 Å². The van der Waals surface area contributed by atoms with Crippen molar-refractivity contribution >= 4 is 11.6 Å². The normalized spacial score (nSPS) is 20.4. The number of hydrogen-bond acceptors (Lipinski definition) is 3. The molecule has 1 fully saturated rings. The lowest BCUT2D eigenvalue weighted by Crippen LogP contribution is -2.30. The van der Waals surface area contributed by atoms with Crippen molar-refractivity contribution in [1.82, 2.24) is 4.90 Å². The minimum atomic E-state index is -0.342. The average Bonchev–Trinajstić information content (AvgIpc) is 2.87. The topological polar surface area (TPSA) is 43.8 Å². The van der Waals surface area contributed by atoms with E-state index >= 15 is 0 Å². The van der Waals surface area contributed by atoms with Gasteiger partial charge in [0, 0.05) is 44.4 Å². The molecule has 0 bridgehead atoms. The van der Waals surface area contributed by atoms with Crippen LogP contribution in [0.3, 0.4) is 0 Å². The largest absolute Gasteiger partial charge is 0.393 e. The second-order valence-corrected chi connectivity index (χ2v) is 5.49. The smallest absolute Gasteiger partial charge is 0.253 e. The lowest BCUT2D eigenvalue weighted by Gasteiger charge is -2.19. The summed E-state index contributed by atoms with van der Waals surface area (Å²) in [6, 6.07) is 7.66. The molecule has 2 atom stereocenters. The Labute approximate surface area is 114 Å². The molecule has 104 valence electrons. The zero-order valence-electron chi connectivity index (χ0n) is 11.8. The van der Waals surface area contributed by atoms with E-state index in [4.69, 9.17) is 0 Å². The van der Waals surface area contributed by atoms with E-state index in [9.17, 15) is 9.90 Å². The second kappa shape index (κ2) is 5.61. The standard InChI is InChI=1S/C15H22N2O2/c1-11(18)13-7-8-17(10-13)15(19)12-5-4-6-14(9-12)16(2)3/h4-6,9,11,13,18H,7-8,10H2,1-3H3. The number of likely N-dealkylation sites (tertiary alicyclic amines) is 1. The van der Waals surface area contributed by atoms with Gasteiger partial charge in [-0.1, -0.05) is 6.07 Å². The third-order valence-corrected chi connectivity index (χ3v) is 3.80. The van der Waals surface area contributed by atoms with E-state index in [1.165, 1.54) is 0 Å². The summed E-state index contributed by atoms with van der Waals surface area (Å²) >= 11 is 0. The molecule has 0 aromatic heterocycles. The summed E-state index contributed by atoms with van der Waals surface area (Å²) in [5.41, 5.74) is 1.74. The number of aliphatic hydroxyl groups excluding tert-OH is 1. The molecule has 0 radical (unpaired) electrons. The van der Waals surface area contributed by atoms with Crippen LogP contribution in [0.15, 0.2) is 24.3 Å². The first-order valence-electron chi connectivity index (χ1n) is 6.73. The summed E-state index contributed by atoms with van der Waals surface area (Å²) in [5.74, 6) is 0.271. The van der Waals surface area contributed by atoms with Crippen molar-refractivity contribution in [2.45, 2.75) is 19.4 Å². The maximum Gasteiger partial charge on any atom is 0.253 e. The van der Waals surface area contributed by atoms with Crippen LogP contribution in [0.5, 0.6) is 0 Å². The van der Waals surface area contributed by atoms with Gasteiger partial charge < -0.3 is 14.9 Å². The summed E-state index contributed by atoms with van der Waals surface area (Å²) in [5, 5.41) is 9.59.